The molecule has 2 bridgehead atoms. The van der Waals surface area contributed by atoms with E-state index in [2.05, 4.69) is 6.08 Å². The molecule has 3 rings (SSSR count). The molecule has 1 saturated heterocycles. The first-order chi connectivity index (χ1) is 13.0. The normalized spacial score (nSPS) is 27.9. The number of halogens is 1. The zero-order chi connectivity index (χ0) is 20.8. The largest absolute Gasteiger partial charge is 0.507 e. The summed E-state index contributed by atoms with van der Waals surface area (Å²) in [6.07, 6.45) is 7.33. The molecule has 1 atom stereocenters. The fourth-order valence-corrected chi connectivity index (χ4v) is 3.99. The molecule has 1 aliphatic heterocycles. The summed E-state index contributed by atoms with van der Waals surface area (Å²) in [7, 11) is 0. The smallest absolute Gasteiger partial charge is 0.193 e. The number of carbonyl (C=O) groups is 1. The van der Waals surface area contributed by atoms with E-state index in [-0.39, 0.29) is 22.3 Å². The van der Waals surface area contributed by atoms with Crippen molar-refractivity contribution in [2.75, 3.05) is 0 Å². The Morgan fingerprint density at radius 3 is 2.50 bits per heavy atom. The second-order valence-electron chi connectivity index (χ2n) is 8.21. The van der Waals surface area contributed by atoms with E-state index in [1.807, 2.05) is 19.9 Å². The van der Waals surface area contributed by atoms with Crippen LogP contribution in [0.25, 0.3) is 6.08 Å². The second-order valence-corrected chi connectivity index (χ2v) is 8.58. The highest BCUT2D eigenvalue weighted by Gasteiger charge is 2.45. The zero-order valence-electron chi connectivity index (χ0n) is 17.0. The number of benzene rings is 1. The first kappa shape index (κ1) is 20.7. The first-order valence-electron chi connectivity index (χ1n) is 9.54. The summed E-state index contributed by atoms with van der Waals surface area (Å²) in [5, 5.41) is 21.6. The third kappa shape index (κ3) is 3.51. The van der Waals surface area contributed by atoms with Crippen molar-refractivity contribution in [2.24, 2.45) is 0 Å². The van der Waals surface area contributed by atoms with Crippen molar-refractivity contribution >= 4 is 23.5 Å². The molecule has 0 radical (unpaired) electrons. The van der Waals surface area contributed by atoms with Crippen LogP contribution in [0.4, 0.5) is 0 Å². The molecule has 1 fully saturated rings. The zero-order valence-corrected chi connectivity index (χ0v) is 17.8. The van der Waals surface area contributed by atoms with Crippen molar-refractivity contribution < 1.29 is 19.7 Å². The molecular weight excluding hydrogens is 376 g/mol. The standard InChI is InChI=1S/C23H27ClO4/c1-12-7-6-8-13(2)21-17(22(27)23(4,5)28-21)11-16-14(3)18(24)20(26)15(10-9-12)19(16)25/h8-9,11,21,25-26H,6-7,10H2,1-5H3/b12-9-,13-8-,17-11+/t21-/m1/s1. The molecule has 0 aromatic heterocycles. The first-order valence-corrected chi connectivity index (χ1v) is 9.91. The van der Waals surface area contributed by atoms with Crippen molar-refractivity contribution in [3.63, 3.8) is 0 Å². The molecule has 0 spiro atoms. The summed E-state index contributed by atoms with van der Waals surface area (Å²) >= 11 is 6.36. The van der Waals surface area contributed by atoms with Gasteiger partial charge in [-0.3, -0.25) is 4.79 Å². The number of ether oxygens (including phenoxy) is 1. The minimum absolute atomic E-state index is 0.0481. The number of ketones is 1. The Bertz CT molecular complexity index is 935. The number of phenolic OH excluding ortho intramolecular Hbond substituents is 2. The lowest BCUT2D eigenvalue weighted by atomic mass is 9.91. The SMILES string of the molecule is C/C1=C/Cc2c(O)c(Cl)c(C)c(c2O)/C=C2/C(=O)C(C)(C)O[C@@H]2/C(C)=C\CC1. The van der Waals surface area contributed by atoms with Crippen LogP contribution in [0.1, 0.15) is 57.2 Å². The van der Waals surface area contributed by atoms with Gasteiger partial charge in [0.25, 0.3) is 0 Å². The summed E-state index contributed by atoms with van der Waals surface area (Å²) in [5.41, 5.74) is 3.02. The Morgan fingerprint density at radius 2 is 1.82 bits per heavy atom. The fourth-order valence-electron chi connectivity index (χ4n) is 3.78. The molecular formula is C23H27ClO4. The number of hydrogen-bond donors (Lipinski definition) is 2. The lowest BCUT2D eigenvalue weighted by molar-refractivity contribution is -0.128. The van der Waals surface area contributed by atoms with Gasteiger partial charge in [0.15, 0.2) is 5.78 Å². The van der Waals surface area contributed by atoms with Crippen LogP contribution >= 0.6 is 11.6 Å². The Labute approximate surface area is 171 Å². The molecule has 0 unspecified atom stereocenters. The van der Waals surface area contributed by atoms with E-state index in [1.165, 1.54) is 0 Å². The van der Waals surface area contributed by atoms with E-state index in [9.17, 15) is 15.0 Å². The molecule has 0 saturated carbocycles. The molecule has 2 N–H and O–H groups in total. The summed E-state index contributed by atoms with van der Waals surface area (Å²) in [4.78, 5) is 13.0. The number of rotatable bonds is 0. The van der Waals surface area contributed by atoms with Gasteiger partial charge < -0.3 is 14.9 Å². The van der Waals surface area contributed by atoms with Gasteiger partial charge in [-0.05, 0) is 71.1 Å². The van der Waals surface area contributed by atoms with E-state index in [0.29, 0.717) is 28.7 Å². The van der Waals surface area contributed by atoms with Crippen molar-refractivity contribution in [3.05, 3.63) is 50.6 Å². The number of fused-ring (bicyclic) bond motifs is 3. The van der Waals surface area contributed by atoms with Crippen molar-refractivity contribution in [2.45, 2.75) is 65.6 Å². The Balaban J connectivity index is 2.31. The maximum Gasteiger partial charge on any atom is 0.193 e. The predicted molar refractivity (Wildman–Crippen MR) is 112 cm³/mol. The number of Topliss-reactive ketones (excluding diaryl/α,β-unsaturated/α-hetero) is 1. The van der Waals surface area contributed by atoms with Crippen molar-refractivity contribution in [1.29, 1.82) is 0 Å². The van der Waals surface area contributed by atoms with Gasteiger partial charge in [-0.2, -0.15) is 0 Å². The van der Waals surface area contributed by atoms with Gasteiger partial charge in [-0.1, -0.05) is 29.3 Å². The third-order valence-electron chi connectivity index (χ3n) is 5.64. The topological polar surface area (TPSA) is 66.8 Å². The maximum absolute atomic E-state index is 13.0. The fraction of sp³-hybridized carbons (Fsp3) is 0.435. The van der Waals surface area contributed by atoms with Gasteiger partial charge in [0.2, 0.25) is 0 Å². The van der Waals surface area contributed by atoms with Crippen LogP contribution < -0.4 is 0 Å². The average molecular weight is 403 g/mol. The molecule has 1 heterocycles. The molecule has 150 valence electrons. The van der Waals surface area contributed by atoms with Crippen molar-refractivity contribution in [3.8, 4) is 11.5 Å². The molecule has 28 heavy (non-hydrogen) atoms. The molecule has 2 aliphatic rings. The van der Waals surface area contributed by atoms with E-state index >= 15 is 0 Å². The van der Waals surface area contributed by atoms with Gasteiger partial charge in [0.1, 0.15) is 23.2 Å². The van der Waals surface area contributed by atoms with Crippen molar-refractivity contribution in [1.82, 2.24) is 0 Å². The molecule has 4 nitrogen and oxygen atoms in total. The van der Waals surface area contributed by atoms with E-state index in [1.54, 1.807) is 26.8 Å². The van der Waals surface area contributed by atoms with E-state index < -0.39 is 11.7 Å². The average Bonchev–Trinajstić information content (AvgIpc) is 2.86. The summed E-state index contributed by atoms with van der Waals surface area (Å²) in [6, 6.07) is 0. The van der Waals surface area contributed by atoms with Crippen LogP contribution in [-0.2, 0) is 16.0 Å². The quantitative estimate of drug-likeness (QED) is 0.568. The van der Waals surface area contributed by atoms with Crippen LogP contribution in [0.15, 0.2) is 28.9 Å². The Hall–Kier alpha value is -2.04. The minimum Gasteiger partial charge on any atom is -0.507 e. The molecule has 1 aromatic carbocycles. The third-order valence-corrected chi connectivity index (χ3v) is 6.11. The van der Waals surface area contributed by atoms with Gasteiger partial charge in [-0.15, -0.1) is 0 Å². The minimum atomic E-state index is -0.939. The number of aromatic hydroxyl groups is 2. The number of allylic oxidation sites excluding steroid dienone is 3. The van der Waals surface area contributed by atoms with Gasteiger partial charge in [0.05, 0.1) is 5.02 Å². The highest BCUT2D eigenvalue weighted by Crippen LogP contribution is 2.44. The van der Waals surface area contributed by atoms with Crippen LogP contribution in [0.2, 0.25) is 5.02 Å². The number of hydrogen-bond acceptors (Lipinski definition) is 4. The summed E-state index contributed by atoms with van der Waals surface area (Å²) < 4.78 is 6.08. The second kappa shape index (κ2) is 7.41. The lowest BCUT2D eigenvalue weighted by Crippen LogP contribution is -2.27. The summed E-state index contributed by atoms with van der Waals surface area (Å²) in [5.74, 6) is -0.273. The number of phenols is 2. The van der Waals surface area contributed by atoms with E-state index in [0.717, 1.165) is 24.0 Å². The summed E-state index contributed by atoms with van der Waals surface area (Å²) in [6.45, 7) is 9.23. The number of carbonyl (C=O) groups excluding carboxylic acids is 1. The van der Waals surface area contributed by atoms with Gasteiger partial charge >= 0.3 is 0 Å². The van der Waals surface area contributed by atoms with Crippen LogP contribution in [0.3, 0.4) is 0 Å². The Morgan fingerprint density at radius 1 is 1.14 bits per heavy atom. The molecule has 0 amide bonds. The monoisotopic (exact) mass is 402 g/mol. The molecule has 1 aliphatic carbocycles. The van der Waals surface area contributed by atoms with Gasteiger partial charge in [0, 0.05) is 16.7 Å². The van der Waals surface area contributed by atoms with Crippen LogP contribution in [-0.4, -0.2) is 27.7 Å². The van der Waals surface area contributed by atoms with E-state index in [4.69, 9.17) is 16.3 Å². The lowest BCUT2D eigenvalue weighted by Gasteiger charge is -2.17. The molecule has 5 heteroatoms. The highest BCUT2D eigenvalue weighted by atomic mass is 35.5. The predicted octanol–water partition coefficient (Wildman–Crippen LogP) is 5.42. The highest BCUT2D eigenvalue weighted by molar-refractivity contribution is 6.33. The Kier molecular flexibility index (Phi) is 5.48. The van der Waals surface area contributed by atoms with Crippen LogP contribution in [0.5, 0.6) is 11.5 Å². The maximum atomic E-state index is 13.0. The van der Waals surface area contributed by atoms with Crippen LogP contribution in [0, 0.1) is 6.92 Å². The molecule has 1 aromatic rings. The van der Waals surface area contributed by atoms with Gasteiger partial charge in [-0.25, -0.2) is 0 Å².